The molecule has 0 saturated carbocycles. The molecule has 44 valence electrons. The summed E-state index contributed by atoms with van der Waals surface area (Å²) in [6.07, 6.45) is 1.91. The maximum atomic E-state index is 9.77. The minimum Gasteiger partial charge on any atom is -0.356 e. The van der Waals surface area contributed by atoms with Crippen molar-refractivity contribution in [2.24, 2.45) is 5.73 Å². The lowest BCUT2D eigenvalue weighted by molar-refractivity contribution is 0.202. The zero-order valence-electron chi connectivity index (χ0n) is 4.60. The first-order valence-electron chi connectivity index (χ1n) is 2.21. The minimum atomic E-state index is -0.856. The molecule has 0 saturated heterocycles. The van der Waals surface area contributed by atoms with Gasteiger partial charge >= 0.3 is 6.09 Å². The fraction of sp³-hybridized carbons (Fsp3) is 0.400. The van der Waals surface area contributed by atoms with Crippen molar-refractivity contribution >= 4 is 6.09 Å². The highest BCUT2D eigenvalue weighted by atomic mass is 16.5. The number of ether oxygens (including phenoxy) is 1. The fourth-order valence-electron chi connectivity index (χ4n) is 0.159. The van der Waals surface area contributed by atoms with Gasteiger partial charge in [0.2, 0.25) is 0 Å². The van der Waals surface area contributed by atoms with Crippen LogP contribution in [0.5, 0.6) is 0 Å². The number of hydrogen-bond acceptors (Lipinski definition) is 2. The summed E-state index contributed by atoms with van der Waals surface area (Å²) in [4.78, 5) is 9.77. The molecule has 0 heterocycles. The van der Waals surface area contributed by atoms with Crippen molar-refractivity contribution in [1.29, 1.82) is 0 Å². The van der Waals surface area contributed by atoms with Crippen molar-refractivity contribution in [2.75, 3.05) is 0 Å². The zero-order chi connectivity index (χ0) is 6.41. The van der Waals surface area contributed by atoms with Gasteiger partial charge in [0.25, 0.3) is 0 Å². The van der Waals surface area contributed by atoms with Gasteiger partial charge in [0, 0.05) is 6.42 Å². The Kier molecular flexibility index (Phi) is 3.42. The van der Waals surface area contributed by atoms with E-state index in [1.807, 2.05) is 6.92 Å². The molecule has 0 rings (SSSR count). The third kappa shape index (κ3) is 4.83. The van der Waals surface area contributed by atoms with Gasteiger partial charge in [-0.25, -0.2) is 4.79 Å². The standard InChI is InChI=1S/C5H7NO2/c1-2-3-4-8-5(6)7/h2H2,1H3,(H2,6,7). The van der Waals surface area contributed by atoms with Crippen LogP contribution in [0.15, 0.2) is 0 Å². The number of carbonyl (C=O) groups is 1. The summed E-state index contributed by atoms with van der Waals surface area (Å²) in [6.45, 7) is 1.84. The van der Waals surface area contributed by atoms with Gasteiger partial charge in [-0.2, -0.15) is 0 Å². The predicted octanol–water partition coefficient (Wildman–Crippen LogP) is 0.453. The molecule has 8 heavy (non-hydrogen) atoms. The van der Waals surface area contributed by atoms with Crippen molar-refractivity contribution in [2.45, 2.75) is 13.3 Å². The van der Waals surface area contributed by atoms with Crippen molar-refractivity contribution < 1.29 is 9.53 Å². The largest absolute Gasteiger partial charge is 0.418 e. The highest BCUT2D eigenvalue weighted by Crippen LogP contribution is 1.69. The third-order valence-corrected chi connectivity index (χ3v) is 0.401. The number of primary amides is 1. The van der Waals surface area contributed by atoms with Crippen LogP contribution in [0.1, 0.15) is 13.3 Å². The second kappa shape index (κ2) is 4.00. The smallest absolute Gasteiger partial charge is 0.356 e. The van der Waals surface area contributed by atoms with E-state index >= 15 is 0 Å². The summed E-state index contributed by atoms with van der Waals surface area (Å²) in [6, 6.07) is 0. The molecular weight excluding hydrogens is 106 g/mol. The Morgan fingerprint density at radius 3 is 2.88 bits per heavy atom. The summed E-state index contributed by atoms with van der Waals surface area (Å²) in [5.74, 6) is 2.51. The lowest BCUT2D eigenvalue weighted by atomic mass is 10.5. The van der Waals surface area contributed by atoms with Gasteiger partial charge < -0.3 is 10.5 Å². The number of nitrogens with two attached hydrogens (primary N) is 1. The Balaban J connectivity index is 3.29. The maximum absolute atomic E-state index is 9.77. The molecule has 0 aliphatic rings. The van der Waals surface area contributed by atoms with E-state index < -0.39 is 6.09 Å². The molecule has 0 aromatic carbocycles. The van der Waals surface area contributed by atoms with Crippen LogP contribution in [0.2, 0.25) is 0 Å². The fourth-order valence-corrected chi connectivity index (χ4v) is 0.159. The van der Waals surface area contributed by atoms with Crippen LogP contribution in [0.4, 0.5) is 4.79 Å². The molecule has 1 amide bonds. The Bertz CT molecular complexity index is 131. The van der Waals surface area contributed by atoms with Crippen molar-refractivity contribution in [3.63, 3.8) is 0 Å². The Morgan fingerprint density at radius 1 is 1.88 bits per heavy atom. The van der Waals surface area contributed by atoms with Gasteiger partial charge in [-0.05, 0) is 0 Å². The SMILES string of the molecule is CCC#COC(N)=O. The molecular formula is C5H7NO2. The number of rotatable bonds is 0. The van der Waals surface area contributed by atoms with Crippen LogP contribution in [-0.2, 0) is 4.74 Å². The molecule has 3 nitrogen and oxygen atoms in total. The summed E-state index contributed by atoms with van der Waals surface area (Å²) >= 11 is 0. The van der Waals surface area contributed by atoms with E-state index in [4.69, 9.17) is 0 Å². The molecule has 0 radical (unpaired) electrons. The van der Waals surface area contributed by atoms with Crippen LogP contribution in [0, 0.1) is 12.0 Å². The Labute approximate surface area is 47.8 Å². The van der Waals surface area contributed by atoms with E-state index in [-0.39, 0.29) is 0 Å². The summed E-state index contributed by atoms with van der Waals surface area (Å²) < 4.78 is 4.06. The Morgan fingerprint density at radius 2 is 2.50 bits per heavy atom. The van der Waals surface area contributed by atoms with Crippen molar-refractivity contribution in [1.82, 2.24) is 0 Å². The summed E-state index contributed by atoms with van der Waals surface area (Å²) in [7, 11) is 0. The van der Waals surface area contributed by atoms with Crippen LogP contribution < -0.4 is 5.73 Å². The van der Waals surface area contributed by atoms with Crippen LogP contribution in [-0.4, -0.2) is 6.09 Å². The average Bonchev–Trinajstić information content (AvgIpc) is 1.66. The summed E-state index contributed by atoms with van der Waals surface area (Å²) in [5, 5.41) is 0. The normalized spacial score (nSPS) is 6.62. The first kappa shape index (κ1) is 6.83. The first-order chi connectivity index (χ1) is 3.77. The lowest BCUT2D eigenvalue weighted by Gasteiger charge is -1.80. The van der Waals surface area contributed by atoms with Crippen molar-refractivity contribution in [3.8, 4) is 12.0 Å². The second-order valence-corrected chi connectivity index (χ2v) is 1.05. The van der Waals surface area contributed by atoms with E-state index in [0.717, 1.165) is 0 Å². The van der Waals surface area contributed by atoms with Crippen LogP contribution in [0.25, 0.3) is 0 Å². The Hall–Kier alpha value is -1.17. The van der Waals surface area contributed by atoms with Crippen LogP contribution in [0.3, 0.4) is 0 Å². The molecule has 2 N–H and O–H groups in total. The highest BCUT2D eigenvalue weighted by Gasteiger charge is 1.82. The monoisotopic (exact) mass is 113 g/mol. The highest BCUT2D eigenvalue weighted by molar-refractivity contribution is 5.65. The molecule has 0 aromatic heterocycles. The summed E-state index contributed by atoms with van der Waals surface area (Å²) in [5.41, 5.74) is 4.57. The molecule has 0 atom stereocenters. The molecule has 0 aromatic rings. The molecule has 3 heteroatoms. The van der Waals surface area contributed by atoms with Crippen molar-refractivity contribution in [3.05, 3.63) is 0 Å². The molecule has 0 fully saturated rings. The zero-order valence-corrected chi connectivity index (χ0v) is 4.60. The average molecular weight is 113 g/mol. The third-order valence-electron chi connectivity index (χ3n) is 0.401. The van der Waals surface area contributed by atoms with E-state index in [1.165, 1.54) is 0 Å². The predicted molar refractivity (Wildman–Crippen MR) is 28.7 cm³/mol. The lowest BCUT2D eigenvalue weighted by Crippen LogP contribution is -2.08. The molecule has 0 unspecified atom stereocenters. The second-order valence-electron chi connectivity index (χ2n) is 1.05. The molecule has 0 aliphatic heterocycles. The molecule has 0 spiro atoms. The van der Waals surface area contributed by atoms with Gasteiger partial charge in [-0.15, -0.1) is 0 Å². The number of amides is 1. The first-order valence-corrected chi connectivity index (χ1v) is 2.21. The van der Waals surface area contributed by atoms with Gasteiger partial charge in [0.15, 0.2) is 0 Å². The minimum absolute atomic E-state index is 0.660. The number of carbonyl (C=O) groups excluding carboxylic acids is 1. The quantitative estimate of drug-likeness (QED) is 0.464. The van der Waals surface area contributed by atoms with Gasteiger partial charge in [0.1, 0.15) is 6.11 Å². The molecule has 0 bridgehead atoms. The van der Waals surface area contributed by atoms with E-state index in [1.54, 1.807) is 0 Å². The number of hydrogen-bond donors (Lipinski definition) is 1. The van der Waals surface area contributed by atoms with Gasteiger partial charge in [-0.1, -0.05) is 12.8 Å². The van der Waals surface area contributed by atoms with Crippen LogP contribution >= 0.6 is 0 Å². The maximum Gasteiger partial charge on any atom is 0.418 e. The van der Waals surface area contributed by atoms with E-state index in [2.05, 4.69) is 22.5 Å². The van der Waals surface area contributed by atoms with Gasteiger partial charge in [0.05, 0.1) is 0 Å². The van der Waals surface area contributed by atoms with E-state index in [9.17, 15) is 4.79 Å². The van der Waals surface area contributed by atoms with Gasteiger partial charge in [-0.3, -0.25) is 0 Å². The topological polar surface area (TPSA) is 52.3 Å². The van der Waals surface area contributed by atoms with E-state index in [0.29, 0.717) is 6.42 Å². The molecule has 0 aliphatic carbocycles.